The summed E-state index contributed by atoms with van der Waals surface area (Å²) in [6.45, 7) is 12.0. The molecule has 0 radical (unpaired) electrons. The normalized spacial score (nSPS) is 18.6. The average Bonchev–Trinajstić information content (AvgIpc) is 2.66. The summed E-state index contributed by atoms with van der Waals surface area (Å²) in [6.07, 6.45) is 2.80. The summed E-state index contributed by atoms with van der Waals surface area (Å²) in [5, 5.41) is 3.27. The third-order valence-corrected chi connectivity index (χ3v) is 3.35. The zero-order chi connectivity index (χ0) is 12.0. The zero-order valence-corrected chi connectivity index (χ0v) is 11.6. The maximum Gasteiger partial charge on any atom is 0.0109 e. The molecular weight excluding hydrogens is 198 g/mol. The Kier molecular flexibility index (Phi) is 5.73. The number of hydrogen-bond donors (Lipinski definition) is 1. The molecule has 0 unspecified atom stereocenters. The van der Waals surface area contributed by atoms with E-state index >= 15 is 0 Å². The van der Waals surface area contributed by atoms with Crippen molar-refractivity contribution < 1.29 is 0 Å². The van der Waals surface area contributed by atoms with E-state index in [1.54, 1.807) is 0 Å². The molecule has 0 atom stereocenters. The molecular formula is C13H29N3. The lowest BCUT2D eigenvalue weighted by Gasteiger charge is -2.31. The highest BCUT2D eigenvalue weighted by molar-refractivity contribution is 4.75. The van der Waals surface area contributed by atoms with E-state index in [4.69, 9.17) is 0 Å². The van der Waals surface area contributed by atoms with E-state index in [1.807, 2.05) is 7.05 Å². The fourth-order valence-corrected chi connectivity index (χ4v) is 2.66. The van der Waals surface area contributed by atoms with Gasteiger partial charge >= 0.3 is 0 Å². The molecule has 0 bridgehead atoms. The summed E-state index contributed by atoms with van der Waals surface area (Å²) >= 11 is 0. The van der Waals surface area contributed by atoms with Gasteiger partial charge in [0.05, 0.1) is 0 Å². The second kappa shape index (κ2) is 6.58. The van der Waals surface area contributed by atoms with E-state index in [1.165, 1.54) is 45.6 Å². The minimum absolute atomic E-state index is 0.370. The van der Waals surface area contributed by atoms with Crippen molar-refractivity contribution in [3.8, 4) is 0 Å². The molecule has 1 fully saturated rings. The van der Waals surface area contributed by atoms with Crippen LogP contribution in [0.1, 0.15) is 26.7 Å². The molecule has 0 saturated carbocycles. The van der Waals surface area contributed by atoms with Crippen LogP contribution in [-0.2, 0) is 0 Å². The van der Waals surface area contributed by atoms with E-state index in [0.29, 0.717) is 5.41 Å². The lowest BCUT2D eigenvalue weighted by atomic mass is 9.93. The van der Waals surface area contributed by atoms with Gasteiger partial charge < -0.3 is 15.1 Å². The Morgan fingerprint density at radius 2 is 1.88 bits per heavy atom. The lowest BCUT2D eigenvalue weighted by Crippen LogP contribution is -2.40. The van der Waals surface area contributed by atoms with Gasteiger partial charge in [-0.15, -0.1) is 0 Å². The van der Waals surface area contributed by atoms with Crippen LogP contribution in [0.25, 0.3) is 0 Å². The van der Waals surface area contributed by atoms with Crippen LogP contribution in [0.15, 0.2) is 0 Å². The van der Waals surface area contributed by atoms with Crippen LogP contribution < -0.4 is 5.32 Å². The third kappa shape index (κ3) is 5.28. The summed E-state index contributed by atoms with van der Waals surface area (Å²) in [7, 11) is 4.28. The highest BCUT2D eigenvalue weighted by Gasteiger charge is 2.19. The molecule has 1 aliphatic heterocycles. The fraction of sp³-hybridized carbons (Fsp3) is 1.00. The van der Waals surface area contributed by atoms with Gasteiger partial charge in [-0.05, 0) is 45.4 Å². The highest BCUT2D eigenvalue weighted by atomic mass is 15.2. The first-order chi connectivity index (χ1) is 7.53. The monoisotopic (exact) mass is 227 g/mol. The van der Waals surface area contributed by atoms with Crippen molar-refractivity contribution in [2.24, 2.45) is 5.41 Å². The SMILES string of the molecule is CNCC(C)(C)CN(C)CCN1CCCC1. The molecule has 16 heavy (non-hydrogen) atoms. The van der Waals surface area contributed by atoms with Gasteiger partial charge in [0.1, 0.15) is 0 Å². The summed E-state index contributed by atoms with van der Waals surface area (Å²) in [6, 6.07) is 0. The van der Waals surface area contributed by atoms with E-state index in [2.05, 4.69) is 36.0 Å². The van der Waals surface area contributed by atoms with Gasteiger partial charge in [0.15, 0.2) is 0 Å². The predicted octanol–water partition coefficient (Wildman–Crippen LogP) is 1.26. The third-order valence-electron chi connectivity index (χ3n) is 3.35. The van der Waals surface area contributed by atoms with Crippen LogP contribution in [0.4, 0.5) is 0 Å². The number of rotatable bonds is 7. The van der Waals surface area contributed by atoms with E-state index in [9.17, 15) is 0 Å². The Hall–Kier alpha value is -0.120. The van der Waals surface area contributed by atoms with E-state index in [-0.39, 0.29) is 0 Å². The summed E-state index contributed by atoms with van der Waals surface area (Å²) in [5.74, 6) is 0. The van der Waals surface area contributed by atoms with Gasteiger partial charge in [-0.2, -0.15) is 0 Å². The molecule has 0 aromatic carbocycles. The first kappa shape index (κ1) is 13.9. The number of likely N-dealkylation sites (N-methyl/N-ethyl adjacent to an activating group) is 1. The minimum Gasteiger partial charge on any atom is -0.319 e. The smallest absolute Gasteiger partial charge is 0.0109 e. The van der Waals surface area contributed by atoms with Gasteiger partial charge in [0.2, 0.25) is 0 Å². The molecule has 0 aromatic rings. The molecule has 0 aromatic heterocycles. The number of nitrogens with one attached hydrogen (secondary N) is 1. The van der Waals surface area contributed by atoms with Crippen molar-refractivity contribution >= 4 is 0 Å². The number of nitrogens with zero attached hydrogens (tertiary/aromatic N) is 2. The van der Waals surface area contributed by atoms with E-state index < -0.39 is 0 Å². The molecule has 1 aliphatic rings. The molecule has 3 nitrogen and oxygen atoms in total. The summed E-state index contributed by atoms with van der Waals surface area (Å²) < 4.78 is 0. The van der Waals surface area contributed by atoms with Gasteiger partial charge in [0, 0.05) is 26.2 Å². The zero-order valence-electron chi connectivity index (χ0n) is 11.6. The standard InChI is InChI=1S/C13H29N3/c1-13(2,11-14-3)12-15(4)9-10-16-7-5-6-8-16/h14H,5-12H2,1-4H3. The summed E-state index contributed by atoms with van der Waals surface area (Å²) in [4.78, 5) is 5.05. The van der Waals surface area contributed by atoms with Gasteiger partial charge in [-0.25, -0.2) is 0 Å². The van der Waals surface area contributed by atoms with Gasteiger partial charge in [-0.1, -0.05) is 13.8 Å². The molecule has 1 rings (SSSR count). The van der Waals surface area contributed by atoms with Crippen LogP contribution in [0, 0.1) is 5.41 Å². The fourth-order valence-electron chi connectivity index (χ4n) is 2.66. The van der Waals surface area contributed by atoms with Crippen molar-refractivity contribution in [3.63, 3.8) is 0 Å². The molecule has 96 valence electrons. The minimum atomic E-state index is 0.370. The number of hydrogen-bond acceptors (Lipinski definition) is 3. The first-order valence-corrected chi connectivity index (χ1v) is 6.59. The Balaban J connectivity index is 2.16. The largest absolute Gasteiger partial charge is 0.319 e. The molecule has 1 saturated heterocycles. The Morgan fingerprint density at radius 1 is 1.25 bits per heavy atom. The average molecular weight is 227 g/mol. The predicted molar refractivity (Wildman–Crippen MR) is 70.9 cm³/mol. The maximum atomic E-state index is 3.27. The van der Waals surface area contributed by atoms with Crippen LogP contribution in [0.5, 0.6) is 0 Å². The van der Waals surface area contributed by atoms with Crippen LogP contribution in [0.2, 0.25) is 0 Å². The first-order valence-electron chi connectivity index (χ1n) is 6.59. The molecule has 1 N–H and O–H groups in total. The topological polar surface area (TPSA) is 18.5 Å². The van der Waals surface area contributed by atoms with Crippen molar-refractivity contribution in [1.82, 2.24) is 15.1 Å². The maximum absolute atomic E-state index is 3.27. The number of likely N-dealkylation sites (tertiary alicyclic amines) is 1. The van der Waals surface area contributed by atoms with Crippen molar-refractivity contribution in [2.75, 3.05) is 53.4 Å². The summed E-state index contributed by atoms with van der Waals surface area (Å²) in [5.41, 5.74) is 0.370. The Bertz CT molecular complexity index is 186. The second-order valence-corrected chi connectivity index (χ2v) is 5.98. The highest BCUT2D eigenvalue weighted by Crippen LogP contribution is 2.15. The molecule has 3 heteroatoms. The van der Waals surface area contributed by atoms with Crippen molar-refractivity contribution in [2.45, 2.75) is 26.7 Å². The Labute approximate surface area is 101 Å². The second-order valence-electron chi connectivity index (χ2n) is 5.98. The Morgan fingerprint density at radius 3 is 2.44 bits per heavy atom. The van der Waals surface area contributed by atoms with Crippen LogP contribution >= 0.6 is 0 Å². The molecule has 1 heterocycles. The van der Waals surface area contributed by atoms with Crippen LogP contribution in [-0.4, -0.2) is 63.2 Å². The van der Waals surface area contributed by atoms with E-state index in [0.717, 1.165) is 6.54 Å². The van der Waals surface area contributed by atoms with Crippen LogP contribution in [0.3, 0.4) is 0 Å². The van der Waals surface area contributed by atoms with Crippen molar-refractivity contribution in [1.29, 1.82) is 0 Å². The molecule has 0 spiro atoms. The molecule has 0 aliphatic carbocycles. The molecule has 0 amide bonds. The lowest BCUT2D eigenvalue weighted by molar-refractivity contribution is 0.186. The van der Waals surface area contributed by atoms with Gasteiger partial charge in [-0.3, -0.25) is 0 Å². The van der Waals surface area contributed by atoms with Crippen molar-refractivity contribution in [3.05, 3.63) is 0 Å². The quantitative estimate of drug-likeness (QED) is 0.706. The van der Waals surface area contributed by atoms with Gasteiger partial charge in [0.25, 0.3) is 0 Å².